The Bertz CT molecular complexity index is 187. The van der Waals surface area contributed by atoms with Crippen LogP contribution in [0.3, 0.4) is 0 Å². The van der Waals surface area contributed by atoms with Gasteiger partial charge in [-0.2, -0.15) is 5.26 Å². The fourth-order valence-corrected chi connectivity index (χ4v) is 0.346. The molecule has 0 N–H and O–H groups in total. The molecule has 0 aromatic rings. The van der Waals surface area contributed by atoms with E-state index in [4.69, 9.17) is 5.26 Å². The number of hydrogen-bond donors (Lipinski definition) is 0. The lowest BCUT2D eigenvalue weighted by Gasteiger charge is -1.80. The van der Waals surface area contributed by atoms with Crippen molar-refractivity contribution in [3.8, 4) is 6.07 Å². The van der Waals surface area contributed by atoms with Crippen LogP contribution < -0.4 is 0 Å². The molecule has 0 unspecified atom stereocenters. The molecule has 46 valence electrons. The Morgan fingerprint density at radius 2 is 2.44 bits per heavy atom. The second kappa shape index (κ2) is 4.90. The van der Waals surface area contributed by atoms with E-state index >= 15 is 0 Å². The van der Waals surface area contributed by atoms with Gasteiger partial charge in [0.1, 0.15) is 0 Å². The Labute approximate surface area is 55.6 Å². The molecular formula is C8H9N. The van der Waals surface area contributed by atoms with E-state index in [0.717, 1.165) is 0 Å². The summed E-state index contributed by atoms with van der Waals surface area (Å²) < 4.78 is 0. The SMILES string of the molecule is C=C(C#N)CC=C=CC. The van der Waals surface area contributed by atoms with E-state index in [-0.39, 0.29) is 0 Å². The zero-order valence-electron chi connectivity index (χ0n) is 5.52. The molecule has 0 fully saturated rings. The van der Waals surface area contributed by atoms with Crippen molar-refractivity contribution in [2.75, 3.05) is 0 Å². The van der Waals surface area contributed by atoms with Gasteiger partial charge in [0.05, 0.1) is 6.07 Å². The Hall–Kier alpha value is -1.25. The minimum Gasteiger partial charge on any atom is -0.193 e. The summed E-state index contributed by atoms with van der Waals surface area (Å²) in [5.41, 5.74) is 3.42. The van der Waals surface area contributed by atoms with E-state index in [0.29, 0.717) is 12.0 Å². The summed E-state index contributed by atoms with van der Waals surface area (Å²) in [6.07, 6.45) is 4.19. The van der Waals surface area contributed by atoms with E-state index in [1.165, 1.54) is 0 Å². The molecule has 0 saturated carbocycles. The number of rotatable bonds is 2. The molecule has 0 radical (unpaired) electrons. The lowest BCUT2D eigenvalue weighted by atomic mass is 10.2. The van der Waals surface area contributed by atoms with Crippen molar-refractivity contribution in [1.82, 2.24) is 0 Å². The van der Waals surface area contributed by atoms with Crippen molar-refractivity contribution in [3.63, 3.8) is 0 Å². The van der Waals surface area contributed by atoms with E-state index in [1.54, 1.807) is 12.2 Å². The molecule has 0 spiro atoms. The van der Waals surface area contributed by atoms with Crippen LogP contribution in [0.1, 0.15) is 13.3 Å². The average Bonchev–Trinajstić information content (AvgIpc) is 1.89. The van der Waals surface area contributed by atoms with Gasteiger partial charge < -0.3 is 0 Å². The van der Waals surface area contributed by atoms with Gasteiger partial charge in [0.25, 0.3) is 0 Å². The molecule has 0 aromatic heterocycles. The Kier molecular flexibility index (Phi) is 4.22. The molecule has 0 aliphatic carbocycles. The monoisotopic (exact) mass is 119 g/mol. The quantitative estimate of drug-likeness (QED) is 0.403. The maximum atomic E-state index is 8.23. The molecule has 0 aliphatic rings. The largest absolute Gasteiger partial charge is 0.193 e. The van der Waals surface area contributed by atoms with E-state index < -0.39 is 0 Å². The minimum absolute atomic E-state index is 0.573. The van der Waals surface area contributed by atoms with Crippen molar-refractivity contribution in [2.24, 2.45) is 0 Å². The van der Waals surface area contributed by atoms with Gasteiger partial charge in [-0.1, -0.05) is 6.58 Å². The zero-order valence-corrected chi connectivity index (χ0v) is 5.52. The third kappa shape index (κ3) is 4.61. The summed E-state index contributed by atoms with van der Waals surface area (Å²) in [6.45, 7) is 5.38. The summed E-state index contributed by atoms with van der Waals surface area (Å²) in [4.78, 5) is 0. The summed E-state index contributed by atoms with van der Waals surface area (Å²) in [7, 11) is 0. The molecule has 0 amide bonds. The van der Waals surface area contributed by atoms with E-state index in [9.17, 15) is 0 Å². The molecule has 0 aromatic carbocycles. The number of hydrogen-bond acceptors (Lipinski definition) is 1. The molecule has 0 bridgehead atoms. The molecular weight excluding hydrogens is 110 g/mol. The highest BCUT2D eigenvalue weighted by Gasteiger charge is 1.81. The molecule has 0 heterocycles. The molecule has 1 heteroatoms. The van der Waals surface area contributed by atoms with Crippen molar-refractivity contribution >= 4 is 0 Å². The van der Waals surface area contributed by atoms with Crippen LogP contribution in [0.15, 0.2) is 30.0 Å². The lowest BCUT2D eigenvalue weighted by molar-refractivity contribution is 1.30. The Balaban J connectivity index is 3.67. The van der Waals surface area contributed by atoms with Gasteiger partial charge >= 0.3 is 0 Å². The second-order valence-corrected chi connectivity index (χ2v) is 1.58. The first kappa shape index (κ1) is 7.75. The van der Waals surface area contributed by atoms with Crippen LogP contribution in [-0.4, -0.2) is 0 Å². The first-order chi connectivity index (χ1) is 4.31. The maximum absolute atomic E-state index is 8.23. The van der Waals surface area contributed by atoms with Crippen LogP contribution in [0.5, 0.6) is 0 Å². The van der Waals surface area contributed by atoms with Crippen LogP contribution in [0, 0.1) is 11.3 Å². The third-order valence-corrected chi connectivity index (χ3v) is 0.791. The topological polar surface area (TPSA) is 23.8 Å². The molecule has 0 atom stereocenters. The van der Waals surface area contributed by atoms with Gasteiger partial charge in [0.15, 0.2) is 0 Å². The van der Waals surface area contributed by atoms with E-state index in [2.05, 4.69) is 12.3 Å². The van der Waals surface area contributed by atoms with Crippen molar-refractivity contribution in [2.45, 2.75) is 13.3 Å². The Morgan fingerprint density at radius 1 is 1.78 bits per heavy atom. The van der Waals surface area contributed by atoms with Gasteiger partial charge in [0, 0.05) is 12.0 Å². The molecule has 0 rings (SSSR count). The van der Waals surface area contributed by atoms with Crippen LogP contribution in [0.25, 0.3) is 0 Å². The normalized spacial score (nSPS) is 6.67. The average molecular weight is 119 g/mol. The number of nitrogens with zero attached hydrogens (tertiary/aromatic N) is 1. The van der Waals surface area contributed by atoms with Gasteiger partial charge in [-0.3, -0.25) is 0 Å². The minimum atomic E-state index is 0.573. The fourth-order valence-electron chi connectivity index (χ4n) is 0.346. The Morgan fingerprint density at radius 3 is 2.89 bits per heavy atom. The first-order valence-electron chi connectivity index (χ1n) is 2.74. The van der Waals surface area contributed by atoms with Gasteiger partial charge in [-0.05, 0) is 19.1 Å². The summed E-state index contributed by atoms with van der Waals surface area (Å²) >= 11 is 0. The predicted octanol–water partition coefficient (Wildman–Crippen LogP) is 2.19. The standard InChI is InChI=1S/C8H9N/c1-3-4-5-6-8(2)7-9/h3,5H,2,6H2,1H3. The van der Waals surface area contributed by atoms with Crippen molar-refractivity contribution < 1.29 is 0 Å². The van der Waals surface area contributed by atoms with Crippen LogP contribution in [-0.2, 0) is 0 Å². The fraction of sp³-hybridized carbons (Fsp3) is 0.250. The predicted molar refractivity (Wildman–Crippen MR) is 37.7 cm³/mol. The van der Waals surface area contributed by atoms with Gasteiger partial charge in [0.2, 0.25) is 0 Å². The van der Waals surface area contributed by atoms with Crippen LogP contribution >= 0.6 is 0 Å². The summed E-state index contributed by atoms with van der Waals surface area (Å²) in [5, 5.41) is 8.23. The highest BCUT2D eigenvalue weighted by molar-refractivity contribution is 5.18. The first-order valence-corrected chi connectivity index (χ1v) is 2.74. The highest BCUT2D eigenvalue weighted by atomic mass is 14.2. The number of allylic oxidation sites excluding steroid dienone is 2. The second-order valence-electron chi connectivity index (χ2n) is 1.58. The van der Waals surface area contributed by atoms with Crippen molar-refractivity contribution in [3.05, 3.63) is 30.0 Å². The zero-order chi connectivity index (χ0) is 7.11. The third-order valence-electron chi connectivity index (χ3n) is 0.791. The highest BCUT2D eigenvalue weighted by Crippen LogP contribution is 1.94. The van der Waals surface area contributed by atoms with Crippen molar-refractivity contribution in [1.29, 1.82) is 5.26 Å². The number of nitriles is 1. The lowest BCUT2D eigenvalue weighted by Crippen LogP contribution is -1.67. The smallest absolute Gasteiger partial charge is 0.0944 e. The van der Waals surface area contributed by atoms with Gasteiger partial charge in [-0.15, -0.1) is 5.73 Å². The van der Waals surface area contributed by atoms with Gasteiger partial charge in [-0.25, -0.2) is 0 Å². The van der Waals surface area contributed by atoms with Crippen LogP contribution in [0.4, 0.5) is 0 Å². The molecule has 0 aliphatic heterocycles. The molecule has 1 nitrogen and oxygen atoms in total. The molecule has 9 heavy (non-hydrogen) atoms. The molecule has 0 saturated heterocycles. The van der Waals surface area contributed by atoms with E-state index in [1.807, 2.05) is 13.0 Å². The van der Waals surface area contributed by atoms with Crippen LogP contribution in [0.2, 0.25) is 0 Å². The maximum Gasteiger partial charge on any atom is 0.0944 e. The summed E-state index contributed by atoms with van der Waals surface area (Å²) in [6, 6.07) is 1.94. The summed E-state index contributed by atoms with van der Waals surface area (Å²) in [5.74, 6) is 0.